The van der Waals surface area contributed by atoms with Crippen LogP contribution in [0.3, 0.4) is 0 Å². The lowest BCUT2D eigenvalue weighted by Gasteiger charge is -2.31. The predicted molar refractivity (Wildman–Crippen MR) is 133 cm³/mol. The molecule has 0 spiro atoms. The summed E-state index contributed by atoms with van der Waals surface area (Å²) in [7, 11) is 0. The molecule has 4 heteroatoms. The van der Waals surface area contributed by atoms with Gasteiger partial charge in [-0.2, -0.15) is 0 Å². The minimum atomic E-state index is -0.447. The highest BCUT2D eigenvalue weighted by atomic mass is 16.2. The number of aryl methyl sites for hydroxylation is 1. The summed E-state index contributed by atoms with van der Waals surface area (Å²) >= 11 is 0. The van der Waals surface area contributed by atoms with Crippen molar-refractivity contribution in [3.63, 3.8) is 0 Å². The van der Waals surface area contributed by atoms with Gasteiger partial charge in [-0.1, -0.05) is 82.3 Å². The molecule has 0 radical (unpaired) electrons. The Morgan fingerprint density at radius 1 is 0.906 bits per heavy atom. The molecular formula is C28H40N2O2. The lowest BCUT2D eigenvalue weighted by atomic mass is 9.86. The van der Waals surface area contributed by atoms with Crippen molar-refractivity contribution in [1.82, 2.24) is 10.2 Å². The molecule has 0 heterocycles. The van der Waals surface area contributed by atoms with E-state index in [4.69, 9.17) is 0 Å². The normalized spacial score (nSPS) is 12.5. The van der Waals surface area contributed by atoms with Crippen molar-refractivity contribution in [2.75, 3.05) is 6.54 Å². The van der Waals surface area contributed by atoms with Crippen molar-refractivity contribution >= 4 is 11.8 Å². The molecule has 2 amide bonds. The first-order valence-electron chi connectivity index (χ1n) is 11.8. The lowest BCUT2D eigenvalue weighted by Crippen LogP contribution is -2.51. The van der Waals surface area contributed by atoms with E-state index in [1.165, 1.54) is 11.1 Å². The van der Waals surface area contributed by atoms with Gasteiger partial charge in [0.2, 0.25) is 11.8 Å². The maximum Gasteiger partial charge on any atom is 0.242 e. The highest BCUT2D eigenvalue weighted by Crippen LogP contribution is 2.22. The average molecular weight is 437 g/mol. The molecule has 2 aromatic carbocycles. The third-order valence-electron chi connectivity index (χ3n) is 5.75. The second kappa shape index (κ2) is 11.8. The van der Waals surface area contributed by atoms with Crippen molar-refractivity contribution in [2.24, 2.45) is 0 Å². The van der Waals surface area contributed by atoms with E-state index < -0.39 is 6.04 Å². The quantitative estimate of drug-likeness (QED) is 0.550. The van der Waals surface area contributed by atoms with Crippen molar-refractivity contribution in [2.45, 2.75) is 84.7 Å². The molecule has 2 rings (SSSR count). The van der Waals surface area contributed by atoms with Crippen molar-refractivity contribution in [3.05, 3.63) is 71.3 Å². The van der Waals surface area contributed by atoms with E-state index in [1.807, 2.05) is 39.0 Å². The van der Waals surface area contributed by atoms with Crippen LogP contribution in [0, 0.1) is 0 Å². The van der Waals surface area contributed by atoms with E-state index in [1.54, 1.807) is 4.90 Å². The summed E-state index contributed by atoms with van der Waals surface area (Å²) in [6.07, 6.45) is 2.40. The van der Waals surface area contributed by atoms with Gasteiger partial charge in [-0.25, -0.2) is 0 Å². The van der Waals surface area contributed by atoms with Gasteiger partial charge in [0.05, 0.1) is 0 Å². The van der Waals surface area contributed by atoms with Crippen LogP contribution in [0.2, 0.25) is 0 Å². The number of nitrogens with zero attached hydrogens (tertiary/aromatic N) is 1. The number of nitrogens with one attached hydrogen (secondary N) is 1. The molecule has 0 aromatic heterocycles. The summed E-state index contributed by atoms with van der Waals surface area (Å²) in [5.74, 6) is -0.0370. The average Bonchev–Trinajstić information content (AvgIpc) is 2.74. The molecule has 0 aliphatic rings. The van der Waals surface area contributed by atoms with Gasteiger partial charge in [0.25, 0.3) is 0 Å². The highest BCUT2D eigenvalue weighted by molar-refractivity contribution is 5.87. The van der Waals surface area contributed by atoms with Crippen LogP contribution in [0.25, 0.3) is 0 Å². The van der Waals surface area contributed by atoms with Gasteiger partial charge in [-0.15, -0.1) is 0 Å². The van der Waals surface area contributed by atoms with Crippen LogP contribution >= 0.6 is 0 Å². The van der Waals surface area contributed by atoms with Gasteiger partial charge < -0.3 is 10.2 Å². The predicted octanol–water partition coefficient (Wildman–Crippen LogP) is 5.29. The monoisotopic (exact) mass is 436 g/mol. The van der Waals surface area contributed by atoms with Crippen LogP contribution in [-0.4, -0.2) is 35.3 Å². The third kappa shape index (κ3) is 7.81. The first kappa shape index (κ1) is 25.6. The van der Waals surface area contributed by atoms with Gasteiger partial charge in [-0.3, -0.25) is 9.59 Å². The number of hydrogen-bond acceptors (Lipinski definition) is 2. The van der Waals surface area contributed by atoms with Gasteiger partial charge in [0.1, 0.15) is 6.04 Å². The maximum atomic E-state index is 13.3. The molecule has 0 aliphatic heterocycles. The Labute approximate surface area is 194 Å². The minimum absolute atomic E-state index is 0.0339. The van der Waals surface area contributed by atoms with Crippen LogP contribution in [0.15, 0.2) is 54.6 Å². The molecule has 0 aliphatic carbocycles. The van der Waals surface area contributed by atoms with E-state index in [2.05, 4.69) is 62.5 Å². The molecule has 2 aromatic rings. The van der Waals surface area contributed by atoms with Crippen LogP contribution in [0.5, 0.6) is 0 Å². The number of carbonyl (C=O) groups excluding carboxylic acids is 2. The molecule has 4 nitrogen and oxygen atoms in total. The number of rotatable bonds is 10. The van der Waals surface area contributed by atoms with Gasteiger partial charge in [0.15, 0.2) is 0 Å². The molecule has 0 saturated carbocycles. The Hall–Kier alpha value is -2.62. The van der Waals surface area contributed by atoms with Crippen molar-refractivity contribution in [1.29, 1.82) is 0 Å². The Kier molecular flexibility index (Phi) is 9.49. The van der Waals surface area contributed by atoms with E-state index in [9.17, 15) is 9.59 Å². The standard InChI is InChI=1S/C28H40N2O2/c1-7-25(27(32)29-21(2)3)30(20-19-22-11-9-8-10-12-22)26(31)18-15-23-13-16-24(17-14-23)28(4,5)6/h8-14,16-17,21,25H,7,15,18-20H2,1-6H3,(H,29,32)/t25-/m1/s1. The minimum Gasteiger partial charge on any atom is -0.352 e. The summed E-state index contributed by atoms with van der Waals surface area (Å²) in [6.45, 7) is 13.0. The van der Waals surface area contributed by atoms with Crippen LogP contribution in [-0.2, 0) is 27.8 Å². The third-order valence-corrected chi connectivity index (χ3v) is 5.75. The topological polar surface area (TPSA) is 49.4 Å². The molecule has 32 heavy (non-hydrogen) atoms. The van der Waals surface area contributed by atoms with E-state index in [0.717, 1.165) is 12.0 Å². The fraction of sp³-hybridized carbons (Fsp3) is 0.500. The van der Waals surface area contributed by atoms with Gasteiger partial charge in [-0.05, 0) is 55.2 Å². The largest absolute Gasteiger partial charge is 0.352 e. The van der Waals surface area contributed by atoms with Crippen molar-refractivity contribution < 1.29 is 9.59 Å². The van der Waals surface area contributed by atoms with Crippen LogP contribution < -0.4 is 5.32 Å². The number of hydrogen-bond donors (Lipinski definition) is 1. The second-order valence-electron chi connectivity index (χ2n) is 9.86. The highest BCUT2D eigenvalue weighted by Gasteiger charge is 2.28. The molecule has 1 N–H and O–H groups in total. The van der Waals surface area contributed by atoms with E-state index in [0.29, 0.717) is 25.8 Å². The first-order valence-corrected chi connectivity index (χ1v) is 11.8. The molecule has 0 bridgehead atoms. The number of benzene rings is 2. The zero-order valence-electron chi connectivity index (χ0n) is 20.7. The fourth-order valence-corrected chi connectivity index (χ4v) is 3.84. The fourth-order valence-electron chi connectivity index (χ4n) is 3.84. The SMILES string of the molecule is CC[C@H](C(=O)NC(C)C)N(CCc1ccccc1)C(=O)CCc1ccc(C(C)(C)C)cc1. The van der Waals surface area contributed by atoms with Crippen LogP contribution in [0.1, 0.15) is 71.1 Å². The smallest absolute Gasteiger partial charge is 0.242 e. The summed E-state index contributed by atoms with van der Waals surface area (Å²) in [5, 5.41) is 2.99. The number of amides is 2. The Morgan fingerprint density at radius 2 is 1.50 bits per heavy atom. The Morgan fingerprint density at radius 3 is 2.03 bits per heavy atom. The molecule has 0 saturated heterocycles. The Balaban J connectivity index is 2.11. The van der Waals surface area contributed by atoms with Gasteiger partial charge >= 0.3 is 0 Å². The van der Waals surface area contributed by atoms with Crippen LogP contribution in [0.4, 0.5) is 0 Å². The second-order valence-corrected chi connectivity index (χ2v) is 9.86. The number of carbonyl (C=O) groups is 2. The molecular weight excluding hydrogens is 396 g/mol. The molecule has 0 unspecified atom stereocenters. The molecule has 0 fully saturated rings. The Bertz CT molecular complexity index is 851. The zero-order chi connectivity index (χ0) is 23.7. The summed E-state index contributed by atoms with van der Waals surface area (Å²) in [5.41, 5.74) is 3.71. The van der Waals surface area contributed by atoms with E-state index >= 15 is 0 Å². The molecule has 1 atom stereocenters. The summed E-state index contributed by atoms with van der Waals surface area (Å²) in [4.78, 5) is 27.9. The summed E-state index contributed by atoms with van der Waals surface area (Å²) in [6, 6.07) is 18.3. The van der Waals surface area contributed by atoms with Crippen molar-refractivity contribution in [3.8, 4) is 0 Å². The summed E-state index contributed by atoms with van der Waals surface area (Å²) < 4.78 is 0. The van der Waals surface area contributed by atoms with E-state index in [-0.39, 0.29) is 23.3 Å². The first-order chi connectivity index (χ1) is 15.1. The lowest BCUT2D eigenvalue weighted by molar-refractivity contribution is -0.140. The van der Waals surface area contributed by atoms with Gasteiger partial charge in [0, 0.05) is 19.0 Å². The zero-order valence-corrected chi connectivity index (χ0v) is 20.7. The maximum absolute atomic E-state index is 13.3. The molecule has 174 valence electrons.